The van der Waals surface area contributed by atoms with E-state index in [1.165, 1.54) is 0 Å². The average Bonchev–Trinajstić information content (AvgIpc) is 3.13. The number of nitrogens with zero attached hydrogens (tertiary/aromatic N) is 4. The molecule has 0 fully saturated rings. The molecule has 1 unspecified atom stereocenters. The fraction of sp³-hybridized carbons (Fsp3) is 0.174. The number of para-hydroxylation sites is 1. The molecule has 0 bridgehead atoms. The number of carbonyl (C=O) groups excluding carboxylic acids is 1. The highest BCUT2D eigenvalue weighted by atomic mass is 16.1. The molecule has 1 heterocycles. The van der Waals surface area contributed by atoms with Gasteiger partial charge >= 0.3 is 0 Å². The predicted molar refractivity (Wildman–Crippen MR) is 112 cm³/mol. The molecular formula is C23H22N4O. The van der Waals surface area contributed by atoms with Crippen molar-refractivity contribution < 1.29 is 4.79 Å². The lowest BCUT2D eigenvalue weighted by molar-refractivity contribution is 0.0941. The van der Waals surface area contributed by atoms with Crippen molar-refractivity contribution in [2.45, 2.75) is 13.0 Å². The smallest absolute Gasteiger partial charge is 0.191 e. The van der Waals surface area contributed by atoms with Crippen LogP contribution in [0.5, 0.6) is 0 Å². The highest BCUT2D eigenvalue weighted by molar-refractivity contribution is 6.01. The zero-order valence-electron chi connectivity index (χ0n) is 16.2. The number of fused-ring (bicyclic) bond motifs is 1. The molecule has 0 N–H and O–H groups in total. The summed E-state index contributed by atoms with van der Waals surface area (Å²) in [5.41, 5.74) is 5.35. The number of aryl methyl sites for hydroxylation is 1. The summed E-state index contributed by atoms with van der Waals surface area (Å²) in [5.74, 6) is -0.00943. The van der Waals surface area contributed by atoms with Gasteiger partial charge in [-0.25, -0.2) is 4.68 Å². The van der Waals surface area contributed by atoms with Crippen LogP contribution in [0.15, 0.2) is 72.8 Å². The van der Waals surface area contributed by atoms with Gasteiger partial charge in [0.05, 0.1) is 5.52 Å². The first kappa shape index (κ1) is 17.9. The summed E-state index contributed by atoms with van der Waals surface area (Å²) in [5, 5.41) is 8.57. The highest BCUT2D eigenvalue weighted by Crippen LogP contribution is 2.27. The van der Waals surface area contributed by atoms with Crippen LogP contribution in [0, 0.1) is 6.92 Å². The average molecular weight is 370 g/mol. The standard InChI is InChI=1S/C23H22N4O/c1-16-8-10-17(11-9-16)22(27-21-7-5-4-6-20(21)24-25-27)23(28)18-12-14-19(15-13-18)26(2)3/h4-15,22H,1-3H3. The first-order valence-electron chi connectivity index (χ1n) is 9.23. The lowest BCUT2D eigenvalue weighted by Crippen LogP contribution is -2.22. The number of Topliss-reactive ketones (excluding diaryl/α,β-unsaturated/α-hetero) is 1. The minimum Gasteiger partial charge on any atom is -0.378 e. The van der Waals surface area contributed by atoms with Crippen LogP contribution in [0.4, 0.5) is 5.69 Å². The van der Waals surface area contributed by atoms with Crippen LogP contribution in [-0.4, -0.2) is 34.9 Å². The summed E-state index contributed by atoms with van der Waals surface area (Å²) in [7, 11) is 3.96. The Labute approximate surface area is 164 Å². The van der Waals surface area contributed by atoms with Gasteiger partial charge in [-0.1, -0.05) is 47.2 Å². The monoisotopic (exact) mass is 370 g/mol. The Hall–Kier alpha value is -3.47. The molecular weight excluding hydrogens is 348 g/mol. The minimum absolute atomic E-state index is 0.00943. The Morgan fingerprint density at radius 2 is 1.61 bits per heavy atom. The second kappa shape index (κ2) is 7.27. The second-order valence-corrected chi connectivity index (χ2v) is 7.14. The van der Waals surface area contributed by atoms with Crippen molar-refractivity contribution in [2.24, 2.45) is 0 Å². The van der Waals surface area contributed by atoms with E-state index in [4.69, 9.17) is 0 Å². The molecule has 0 aliphatic rings. The molecule has 0 amide bonds. The van der Waals surface area contributed by atoms with Crippen LogP contribution >= 0.6 is 0 Å². The van der Waals surface area contributed by atoms with Crippen molar-refractivity contribution >= 4 is 22.5 Å². The summed E-state index contributed by atoms with van der Waals surface area (Å²) < 4.78 is 1.72. The van der Waals surface area contributed by atoms with Crippen LogP contribution in [0.3, 0.4) is 0 Å². The van der Waals surface area contributed by atoms with E-state index in [0.717, 1.165) is 27.8 Å². The maximum atomic E-state index is 13.6. The van der Waals surface area contributed by atoms with Crippen molar-refractivity contribution in [1.29, 1.82) is 0 Å². The molecule has 0 aliphatic carbocycles. The van der Waals surface area contributed by atoms with E-state index >= 15 is 0 Å². The van der Waals surface area contributed by atoms with Crippen molar-refractivity contribution in [3.05, 3.63) is 89.5 Å². The normalized spacial score (nSPS) is 12.1. The van der Waals surface area contributed by atoms with Crippen molar-refractivity contribution in [2.75, 3.05) is 19.0 Å². The van der Waals surface area contributed by atoms with Gasteiger partial charge in [0.25, 0.3) is 0 Å². The zero-order valence-corrected chi connectivity index (χ0v) is 16.2. The summed E-state index contributed by atoms with van der Waals surface area (Å²) in [6.07, 6.45) is 0. The Bertz CT molecular complexity index is 1110. The fourth-order valence-electron chi connectivity index (χ4n) is 3.31. The molecule has 0 spiro atoms. The molecule has 4 aromatic rings. The van der Waals surface area contributed by atoms with E-state index in [1.54, 1.807) is 4.68 Å². The molecule has 5 nitrogen and oxygen atoms in total. The molecule has 1 atom stereocenters. The van der Waals surface area contributed by atoms with Gasteiger partial charge in [-0.3, -0.25) is 4.79 Å². The summed E-state index contributed by atoms with van der Waals surface area (Å²) in [6, 6.07) is 22.8. The van der Waals surface area contributed by atoms with Crippen LogP contribution in [-0.2, 0) is 0 Å². The lowest BCUT2D eigenvalue weighted by atomic mass is 9.96. The van der Waals surface area contributed by atoms with E-state index in [9.17, 15) is 4.79 Å². The van der Waals surface area contributed by atoms with Gasteiger partial charge in [0.2, 0.25) is 0 Å². The van der Waals surface area contributed by atoms with Crippen LogP contribution < -0.4 is 4.90 Å². The zero-order chi connectivity index (χ0) is 19.7. The third kappa shape index (κ3) is 3.27. The lowest BCUT2D eigenvalue weighted by Gasteiger charge is -2.18. The van der Waals surface area contributed by atoms with Crippen molar-refractivity contribution in [3.63, 3.8) is 0 Å². The number of hydrogen-bond acceptors (Lipinski definition) is 4. The van der Waals surface area contributed by atoms with Crippen molar-refractivity contribution in [3.8, 4) is 0 Å². The largest absolute Gasteiger partial charge is 0.378 e. The molecule has 1 aromatic heterocycles. The number of carbonyl (C=O) groups is 1. The van der Waals surface area contributed by atoms with E-state index in [-0.39, 0.29) is 5.78 Å². The molecule has 0 radical (unpaired) electrons. The molecule has 140 valence electrons. The van der Waals surface area contributed by atoms with E-state index in [2.05, 4.69) is 10.3 Å². The number of benzene rings is 3. The Balaban J connectivity index is 1.83. The summed E-state index contributed by atoms with van der Waals surface area (Å²) in [6.45, 7) is 2.03. The molecule has 4 rings (SSSR count). The molecule has 0 aliphatic heterocycles. The topological polar surface area (TPSA) is 51.0 Å². The molecule has 5 heteroatoms. The number of anilines is 1. The highest BCUT2D eigenvalue weighted by Gasteiger charge is 2.26. The second-order valence-electron chi connectivity index (χ2n) is 7.14. The van der Waals surface area contributed by atoms with E-state index in [1.807, 2.05) is 98.7 Å². The van der Waals surface area contributed by atoms with Gasteiger partial charge in [0, 0.05) is 25.3 Å². The number of aromatic nitrogens is 3. The molecule has 28 heavy (non-hydrogen) atoms. The maximum absolute atomic E-state index is 13.6. The van der Waals surface area contributed by atoms with Gasteiger partial charge in [0.1, 0.15) is 11.6 Å². The quantitative estimate of drug-likeness (QED) is 0.492. The van der Waals surface area contributed by atoms with Crippen LogP contribution in [0.1, 0.15) is 27.5 Å². The molecule has 0 saturated carbocycles. The fourth-order valence-corrected chi connectivity index (χ4v) is 3.31. The minimum atomic E-state index is -0.571. The number of ketones is 1. The third-order valence-corrected chi connectivity index (χ3v) is 4.93. The maximum Gasteiger partial charge on any atom is 0.191 e. The van der Waals surface area contributed by atoms with E-state index in [0.29, 0.717) is 5.56 Å². The number of hydrogen-bond donors (Lipinski definition) is 0. The van der Waals surface area contributed by atoms with Gasteiger partial charge in [-0.15, -0.1) is 5.10 Å². The van der Waals surface area contributed by atoms with E-state index < -0.39 is 6.04 Å². The van der Waals surface area contributed by atoms with Gasteiger partial charge in [0.15, 0.2) is 5.78 Å². The van der Waals surface area contributed by atoms with Crippen molar-refractivity contribution in [1.82, 2.24) is 15.0 Å². The Morgan fingerprint density at radius 1 is 0.929 bits per heavy atom. The first-order chi connectivity index (χ1) is 13.5. The predicted octanol–water partition coefficient (Wildman–Crippen LogP) is 4.28. The van der Waals surface area contributed by atoms with Gasteiger partial charge < -0.3 is 4.90 Å². The third-order valence-electron chi connectivity index (χ3n) is 4.93. The Morgan fingerprint density at radius 3 is 2.29 bits per heavy atom. The number of rotatable bonds is 5. The van der Waals surface area contributed by atoms with Crippen LogP contribution in [0.2, 0.25) is 0 Å². The Kier molecular flexibility index (Phi) is 4.65. The molecule has 0 saturated heterocycles. The molecule has 3 aromatic carbocycles. The summed E-state index contributed by atoms with van der Waals surface area (Å²) in [4.78, 5) is 15.6. The van der Waals surface area contributed by atoms with Gasteiger partial charge in [-0.05, 0) is 48.9 Å². The summed E-state index contributed by atoms with van der Waals surface area (Å²) >= 11 is 0. The SMILES string of the molecule is Cc1ccc(C(C(=O)c2ccc(N(C)C)cc2)n2nnc3ccccc32)cc1. The van der Waals surface area contributed by atoms with Gasteiger partial charge in [-0.2, -0.15) is 0 Å². The first-order valence-corrected chi connectivity index (χ1v) is 9.23. The van der Waals surface area contributed by atoms with Crippen LogP contribution in [0.25, 0.3) is 11.0 Å².